The second kappa shape index (κ2) is 6.90. The Balaban J connectivity index is 1.50. The molecule has 3 nitrogen and oxygen atoms in total. The van der Waals surface area contributed by atoms with E-state index in [0.29, 0.717) is 12.2 Å². The first-order valence-electron chi connectivity index (χ1n) is 8.00. The Hall–Kier alpha value is -1.61. The van der Waals surface area contributed by atoms with Gasteiger partial charge in [0.15, 0.2) is 5.78 Å². The van der Waals surface area contributed by atoms with E-state index < -0.39 is 0 Å². The molecule has 0 aromatic heterocycles. The molecule has 2 aliphatic rings. The van der Waals surface area contributed by atoms with Crippen molar-refractivity contribution < 1.29 is 9.53 Å². The van der Waals surface area contributed by atoms with Gasteiger partial charge in [0.1, 0.15) is 12.4 Å². The molecule has 0 N–H and O–H groups in total. The van der Waals surface area contributed by atoms with Crippen molar-refractivity contribution in [2.75, 3.05) is 26.2 Å². The van der Waals surface area contributed by atoms with E-state index in [1.807, 2.05) is 30.3 Å². The fraction of sp³-hybridized carbons (Fsp3) is 0.500. The van der Waals surface area contributed by atoms with Gasteiger partial charge < -0.3 is 4.74 Å². The molecular weight excluding hydrogens is 262 g/mol. The molecule has 21 heavy (non-hydrogen) atoms. The molecule has 2 fully saturated rings. The van der Waals surface area contributed by atoms with Crippen molar-refractivity contribution in [2.24, 2.45) is 0 Å². The third-order valence-electron chi connectivity index (χ3n) is 4.30. The first kappa shape index (κ1) is 14.3. The molecule has 1 saturated heterocycles. The van der Waals surface area contributed by atoms with E-state index >= 15 is 0 Å². The van der Waals surface area contributed by atoms with Crippen LogP contribution in [0.1, 0.15) is 37.7 Å². The minimum atomic E-state index is 0.306. The number of Topliss-reactive ketones (excluding diaryl/α,β-unsaturated/α-hetero) is 1. The molecular formula is C18H23NO2. The number of hydrogen-bond donors (Lipinski definition) is 0. The van der Waals surface area contributed by atoms with Gasteiger partial charge in [-0.3, -0.25) is 9.69 Å². The van der Waals surface area contributed by atoms with Crippen molar-refractivity contribution in [1.82, 2.24) is 4.90 Å². The van der Waals surface area contributed by atoms with Gasteiger partial charge in [0, 0.05) is 13.0 Å². The smallest absolute Gasteiger partial charge is 0.158 e. The SMILES string of the molecule is O=C1CCCC1=Cc1ccc(OCCN2CCCC2)cc1. The average Bonchev–Trinajstić information content (AvgIpc) is 3.14. The minimum Gasteiger partial charge on any atom is -0.492 e. The number of hydrogen-bond acceptors (Lipinski definition) is 3. The summed E-state index contributed by atoms with van der Waals surface area (Å²) in [5.41, 5.74) is 2.06. The quantitative estimate of drug-likeness (QED) is 0.777. The molecule has 0 spiro atoms. The Morgan fingerprint density at radius 1 is 1.05 bits per heavy atom. The van der Waals surface area contributed by atoms with Crippen LogP contribution in [0.3, 0.4) is 0 Å². The lowest BCUT2D eigenvalue weighted by Gasteiger charge is -2.14. The lowest BCUT2D eigenvalue weighted by Crippen LogP contribution is -2.25. The summed E-state index contributed by atoms with van der Waals surface area (Å²) in [5.74, 6) is 1.22. The Labute approximate surface area is 126 Å². The number of likely N-dealkylation sites (tertiary alicyclic amines) is 1. The maximum atomic E-state index is 11.6. The maximum absolute atomic E-state index is 11.6. The van der Waals surface area contributed by atoms with Crippen LogP contribution in [0.25, 0.3) is 6.08 Å². The fourth-order valence-electron chi connectivity index (χ4n) is 3.05. The predicted molar refractivity (Wildman–Crippen MR) is 84.4 cm³/mol. The largest absolute Gasteiger partial charge is 0.492 e. The van der Waals surface area contributed by atoms with Crippen molar-refractivity contribution in [1.29, 1.82) is 0 Å². The number of ether oxygens (including phenoxy) is 1. The zero-order valence-corrected chi connectivity index (χ0v) is 12.5. The lowest BCUT2D eigenvalue weighted by molar-refractivity contribution is -0.114. The van der Waals surface area contributed by atoms with Crippen LogP contribution in [0.15, 0.2) is 29.8 Å². The Morgan fingerprint density at radius 2 is 1.81 bits per heavy atom. The Bertz CT molecular complexity index is 513. The van der Waals surface area contributed by atoms with Crippen LogP contribution in [-0.4, -0.2) is 36.9 Å². The summed E-state index contributed by atoms with van der Waals surface area (Å²) in [6, 6.07) is 8.05. The zero-order valence-electron chi connectivity index (χ0n) is 12.5. The summed E-state index contributed by atoms with van der Waals surface area (Å²) in [6.07, 6.45) is 7.30. The normalized spacial score (nSPS) is 21.3. The molecule has 1 aromatic rings. The monoisotopic (exact) mass is 285 g/mol. The molecule has 0 radical (unpaired) electrons. The number of carbonyl (C=O) groups is 1. The molecule has 0 amide bonds. The van der Waals surface area contributed by atoms with E-state index in [9.17, 15) is 4.79 Å². The standard InChI is InChI=1S/C18H23NO2/c20-18-5-3-4-16(18)14-15-6-8-17(9-7-15)21-13-12-19-10-1-2-11-19/h6-9,14H,1-5,10-13H2. The fourth-order valence-corrected chi connectivity index (χ4v) is 3.05. The van der Waals surface area contributed by atoms with Gasteiger partial charge in [-0.05, 0) is 68.1 Å². The first-order valence-corrected chi connectivity index (χ1v) is 8.00. The van der Waals surface area contributed by atoms with Crippen LogP contribution in [-0.2, 0) is 4.79 Å². The van der Waals surface area contributed by atoms with Gasteiger partial charge in [-0.15, -0.1) is 0 Å². The van der Waals surface area contributed by atoms with Gasteiger partial charge in [-0.2, -0.15) is 0 Å². The maximum Gasteiger partial charge on any atom is 0.158 e. The summed E-state index contributed by atoms with van der Waals surface area (Å²) >= 11 is 0. The second-order valence-electron chi connectivity index (χ2n) is 5.91. The number of nitrogens with zero attached hydrogens (tertiary/aromatic N) is 1. The highest BCUT2D eigenvalue weighted by Crippen LogP contribution is 2.23. The highest BCUT2D eigenvalue weighted by Gasteiger charge is 2.16. The highest BCUT2D eigenvalue weighted by molar-refractivity contribution is 6.01. The van der Waals surface area contributed by atoms with Crippen molar-refractivity contribution in [3.05, 3.63) is 35.4 Å². The number of allylic oxidation sites excluding steroid dienone is 1. The van der Waals surface area contributed by atoms with Crippen LogP contribution in [0.5, 0.6) is 5.75 Å². The third kappa shape index (κ3) is 3.94. The molecule has 1 aromatic carbocycles. The topological polar surface area (TPSA) is 29.5 Å². The molecule has 3 rings (SSSR count). The molecule has 1 aliphatic heterocycles. The van der Waals surface area contributed by atoms with Crippen molar-refractivity contribution in [2.45, 2.75) is 32.1 Å². The van der Waals surface area contributed by atoms with Crippen LogP contribution in [0, 0.1) is 0 Å². The number of carbonyl (C=O) groups excluding carboxylic acids is 1. The van der Waals surface area contributed by atoms with Crippen molar-refractivity contribution in [3.8, 4) is 5.75 Å². The van der Waals surface area contributed by atoms with E-state index in [0.717, 1.165) is 42.9 Å². The summed E-state index contributed by atoms with van der Waals surface area (Å²) in [4.78, 5) is 14.1. The van der Waals surface area contributed by atoms with E-state index in [1.165, 1.54) is 25.9 Å². The Kier molecular flexibility index (Phi) is 4.71. The molecule has 0 atom stereocenters. The summed E-state index contributed by atoms with van der Waals surface area (Å²) in [7, 11) is 0. The second-order valence-corrected chi connectivity index (χ2v) is 5.91. The van der Waals surface area contributed by atoms with Crippen molar-refractivity contribution in [3.63, 3.8) is 0 Å². The summed E-state index contributed by atoms with van der Waals surface area (Å²) in [5, 5.41) is 0. The van der Waals surface area contributed by atoms with Gasteiger partial charge in [0.05, 0.1) is 0 Å². The molecule has 112 valence electrons. The van der Waals surface area contributed by atoms with Gasteiger partial charge in [-0.25, -0.2) is 0 Å². The van der Waals surface area contributed by atoms with Crippen LogP contribution < -0.4 is 4.74 Å². The highest BCUT2D eigenvalue weighted by atomic mass is 16.5. The number of ketones is 1. The minimum absolute atomic E-state index is 0.306. The van der Waals surface area contributed by atoms with Crippen LogP contribution in [0.2, 0.25) is 0 Å². The number of rotatable bonds is 5. The predicted octanol–water partition coefficient (Wildman–Crippen LogP) is 3.30. The molecule has 1 aliphatic carbocycles. The third-order valence-corrected chi connectivity index (χ3v) is 4.30. The van der Waals surface area contributed by atoms with Crippen LogP contribution >= 0.6 is 0 Å². The summed E-state index contributed by atoms with van der Waals surface area (Å²) in [6.45, 7) is 4.19. The van der Waals surface area contributed by atoms with E-state index in [2.05, 4.69) is 4.90 Å². The summed E-state index contributed by atoms with van der Waals surface area (Å²) < 4.78 is 5.78. The molecule has 1 saturated carbocycles. The molecule has 1 heterocycles. The molecule has 3 heteroatoms. The van der Waals surface area contributed by atoms with Crippen molar-refractivity contribution >= 4 is 11.9 Å². The van der Waals surface area contributed by atoms with E-state index in [4.69, 9.17) is 4.74 Å². The zero-order chi connectivity index (χ0) is 14.5. The Morgan fingerprint density at radius 3 is 2.48 bits per heavy atom. The van der Waals surface area contributed by atoms with E-state index in [1.54, 1.807) is 0 Å². The number of benzene rings is 1. The van der Waals surface area contributed by atoms with E-state index in [-0.39, 0.29) is 0 Å². The van der Waals surface area contributed by atoms with Gasteiger partial charge in [-0.1, -0.05) is 12.1 Å². The average molecular weight is 285 g/mol. The lowest BCUT2D eigenvalue weighted by atomic mass is 10.1. The first-order chi connectivity index (χ1) is 10.3. The van der Waals surface area contributed by atoms with Crippen LogP contribution in [0.4, 0.5) is 0 Å². The molecule has 0 bridgehead atoms. The van der Waals surface area contributed by atoms with Gasteiger partial charge in [0.25, 0.3) is 0 Å². The van der Waals surface area contributed by atoms with Gasteiger partial charge in [0.2, 0.25) is 0 Å². The van der Waals surface area contributed by atoms with Gasteiger partial charge >= 0.3 is 0 Å². The molecule has 0 unspecified atom stereocenters.